The molecule has 0 aliphatic carbocycles. The van der Waals surface area contributed by atoms with Crippen LogP contribution in [0.15, 0.2) is 47.4 Å². The van der Waals surface area contributed by atoms with Crippen molar-refractivity contribution in [2.24, 2.45) is 0 Å². The number of sulfonamides is 1. The molecule has 0 aliphatic rings. The van der Waals surface area contributed by atoms with Crippen LogP contribution < -0.4 is 10.0 Å². The van der Waals surface area contributed by atoms with Gasteiger partial charge < -0.3 is 5.32 Å². The first-order valence-electron chi connectivity index (χ1n) is 7.21. The second-order valence-electron chi connectivity index (χ2n) is 5.50. The molecule has 6 heteroatoms. The molecule has 2 aromatic carbocycles. The summed E-state index contributed by atoms with van der Waals surface area (Å²) >= 11 is 0. The van der Waals surface area contributed by atoms with Gasteiger partial charge in [0.15, 0.2) is 0 Å². The molecule has 2 N–H and O–H groups in total. The molecule has 5 nitrogen and oxygen atoms in total. The quantitative estimate of drug-likeness (QED) is 0.883. The molecular formula is C17H20N2O3S. The summed E-state index contributed by atoms with van der Waals surface area (Å²) in [5.41, 5.74) is 3.60. The van der Waals surface area contributed by atoms with E-state index in [0.717, 1.165) is 16.7 Å². The van der Waals surface area contributed by atoms with Gasteiger partial charge in [0.2, 0.25) is 15.9 Å². The second kappa shape index (κ2) is 6.93. The van der Waals surface area contributed by atoms with E-state index in [-0.39, 0.29) is 11.4 Å². The Hall–Kier alpha value is -2.18. The average molecular weight is 332 g/mol. The van der Waals surface area contributed by atoms with Crippen molar-refractivity contribution in [1.29, 1.82) is 0 Å². The molecule has 1 amide bonds. The zero-order valence-corrected chi connectivity index (χ0v) is 14.2. The highest BCUT2D eigenvalue weighted by molar-refractivity contribution is 7.89. The first-order chi connectivity index (χ1) is 10.8. The third kappa shape index (κ3) is 4.64. The lowest BCUT2D eigenvalue weighted by atomic mass is 10.1. The number of carbonyl (C=O) groups excluding carboxylic acids is 1. The summed E-state index contributed by atoms with van der Waals surface area (Å²) in [6.07, 6.45) is 0. The van der Waals surface area contributed by atoms with Gasteiger partial charge >= 0.3 is 0 Å². The summed E-state index contributed by atoms with van der Waals surface area (Å²) in [5.74, 6) is -0.408. The normalized spacial score (nSPS) is 11.3. The molecule has 0 saturated carbocycles. The number of hydrogen-bond acceptors (Lipinski definition) is 3. The van der Waals surface area contributed by atoms with Crippen LogP contribution in [0.1, 0.15) is 16.7 Å². The fourth-order valence-corrected chi connectivity index (χ4v) is 3.01. The first-order valence-corrected chi connectivity index (χ1v) is 8.70. The Morgan fingerprint density at radius 2 is 1.57 bits per heavy atom. The van der Waals surface area contributed by atoms with E-state index in [1.165, 1.54) is 12.1 Å². The third-order valence-corrected chi connectivity index (χ3v) is 4.84. The van der Waals surface area contributed by atoms with Crippen LogP contribution in [-0.2, 0) is 14.8 Å². The summed E-state index contributed by atoms with van der Waals surface area (Å²) in [5, 5.41) is 2.72. The van der Waals surface area contributed by atoms with Gasteiger partial charge in [-0.1, -0.05) is 29.8 Å². The number of carbonyl (C=O) groups is 1. The van der Waals surface area contributed by atoms with Crippen LogP contribution in [-0.4, -0.2) is 20.9 Å². The van der Waals surface area contributed by atoms with E-state index in [0.29, 0.717) is 5.69 Å². The Kier molecular flexibility index (Phi) is 5.18. The Morgan fingerprint density at radius 3 is 2.22 bits per heavy atom. The molecule has 2 rings (SSSR count). The van der Waals surface area contributed by atoms with Crippen LogP contribution in [0.4, 0.5) is 5.69 Å². The van der Waals surface area contributed by atoms with Crippen molar-refractivity contribution < 1.29 is 13.2 Å². The molecule has 0 bridgehead atoms. The number of amides is 1. The van der Waals surface area contributed by atoms with Gasteiger partial charge in [0.25, 0.3) is 0 Å². The molecule has 0 aliphatic heterocycles. The minimum atomic E-state index is -3.69. The summed E-state index contributed by atoms with van der Waals surface area (Å²) in [6, 6.07) is 12.2. The number of aryl methyl sites for hydroxylation is 3. The van der Waals surface area contributed by atoms with Gasteiger partial charge in [-0.05, 0) is 50.1 Å². The minimum absolute atomic E-state index is 0.141. The van der Waals surface area contributed by atoms with Crippen LogP contribution in [0.3, 0.4) is 0 Å². The molecule has 23 heavy (non-hydrogen) atoms. The van der Waals surface area contributed by atoms with E-state index in [1.807, 2.05) is 39.0 Å². The summed E-state index contributed by atoms with van der Waals surface area (Å²) in [7, 11) is -3.69. The smallest absolute Gasteiger partial charge is 0.241 e. The zero-order chi connectivity index (χ0) is 17.0. The fourth-order valence-electron chi connectivity index (χ4n) is 2.03. The zero-order valence-electron chi connectivity index (χ0n) is 13.4. The molecule has 0 unspecified atom stereocenters. The molecule has 0 spiro atoms. The highest BCUT2D eigenvalue weighted by atomic mass is 32.2. The van der Waals surface area contributed by atoms with Gasteiger partial charge in [-0.15, -0.1) is 0 Å². The number of rotatable bonds is 5. The molecule has 0 heterocycles. The lowest BCUT2D eigenvalue weighted by Gasteiger charge is -2.10. The van der Waals surface area contributed by atoms with Crippen molar-refractivity contribution in [2.45, 2.75) is 25.7 Å². The van der Waals surface area contributed by atoms with E-state index >= 15 is 0 Å². The first kappa shape index (κ1) is 17.2. The molecule has 0 saturated heterocycles. The lowest BCUT2D eigenvalue weighted by Crippen LogP contribution is -2.33. The van der Waals surface area contributed by atoms with E-state index in [9.17, 15) is 13.2 Å². The van der Waals surface area contributed by atoms with Crippen molar-refractivity contribution in [1.82, 2.24) is 4.72 Å². The predicted octanol–water partition coefficient (Wildman–Crippen LogP) is 2.53. The maximum atomic E-state index is 12.1. The lowest BCUT2D eigenvalue weighted by molar-refractivity contribution is -0.115. The molecule has 0 atom stereocenters. The second-order valence-corrected chi connectivity index (χ2v) is 7.27. The van der Waals surface area contributed by atoms with Crippen LogP contribution >= 0.6 is 0 Å². The van der Waals surface area contributed by atoms with Crippen LogP contribution in [0.25, 0.3) is 0 Å². The maximum absolute atomic E-state index is 12.1. The molecule has 0 fully saturated rings. The molecule has 0 aromatic heterocycles. The van der Waals surface area contributed by atoms with Crippen molar-refractivity contribution in [2.75, 3.05) is 11.9 Å². The Balaban J connectivity index is 2.01. The summed E-state index contributed by atoms with van der Waals surface area (Å²) in [4.78, 5) is 12.1. The largest absolute Gasteiger partial charge is 0.325 e. The van der Waals surface area contributed by atoms with Gasteiger partial charge in [-0.3, -0.25) is 4.79 Å². The Bertz CT molecular complexity index is 812. The van der Waals surface area contributed by atoms with Gasteiger partial charge in [-0.25, -0.2) is 13.1 Å². The summed E-state index contributed by atoms with van der Waals surface area (Å²) < 4.78 is 26.6. The van der Waals surface area contributed by atoms with E-state index in [4.69, 9.17) is 0 Å². The fraction of sp³-hybridized carbons (Fsp3) is 0.235. The van der Waals surface area contributed by atoms with Crippen LogP contribution in [0.2, 0.25) is 0 Å². The van der Waals surface area contributed by atoms with Crippen LogP contribution in [0.5, 0.6) is 0 Å². The van der Waals surface area contributed by atoms with E-state index in [2.05, 4.69) is 10.0 Å². The Morgan fingerprint density at radius 1 is 0.957 bits per heavy atom. The van der Waals surface area contributed by atoms with Crippen molar-refractivity contribution in [3.8, 4) is 0 Å². The number of benzene rings is 2. The summed E-state index contributed by atoms with van der Waals surface area (Å²) in [6.45, 7) is 5.37. The monoisotopic (exact) mass is 332 g/mol. The SMILES string of the molecule is Cc1ccc(S(=O)(=O)NCC(=O)Nc2cc(C)ccc2C)cc1. The van der Waals surface area contributed by atoms with E-state index < -0.39 is 15.9 Å². The number of hydrogen-bond donors (Lipinski definition) is 2. The van der Waals surface area contributed by atoms with Gasteiger partial charge in [0, 0.05) is 5.69 Å². The van der Waals surface area contributed by atoms with Crippen LogP contribution in [0, 0.1) is 20.8 Å². The van der Waals surface area contributed by atoms with E-state index in [1.54, 1.807) is 12.1 Å². The average Bonchev–Trinajstić information content (AvgIpc) is 2.49. The van der Waals surface area contributed by atoms with Gasteiger partial charge in [-0.2, -0.15) is 0 Å². The molecule has 122 valence electrons. The molecule has 0 radical (unpaired) electrons. The van der Waals surface area contributed by atoms with Crippen molar-refractivity contribution >= 4 is 21.6 Å². The minimum Gasteiger partial charge on any atom is -0.325 e. The number of anilines is 1. The molecule has 2 aromatic rings. The number of nitrogens with one attached hydrogen (secondary N) is 2. The van der Waals surface area contributed by atoms with Gasteiger partial charge in [0.1, 0.15) is 0 Å². The Labute approximate surface area is 136 Å². The van der Waals surface area contributed by atoms with Gasteiger partial charge in [0.05, 0.1) is 11.4 Å². The highest BCUT2D eigenvalue weighted by Gasteiger charge is 2.15. The highest BCUT2D eigenvalue weighted by Crippen LogP contribution is 2.16. The van der Waals surface area contributed by atoms with Crippen molar-refractivity contribution in [3.63, 3.8) is 0 Å². The predicted molar refractivity (Wildman–Crippen MR) is 90.9 cm³/mol. The standard InChI is InChI=1S/C17H20N2O3S/c1-12-5-8-15(9-6-12)23(21,22)18-11-17(20)19-16-10-13(2)4-7-14(16)3/h4-10,18H,11H2,1-3H3,(H,19,20). The third-order valence-electron chi connectivity index (χ3n) is 3.42. The van der Waals surface area contributed by atoms with Crippen molar-refractivity contribution in [3.05, 3.63) is 59.2 Å². The molecular weight excluding hydrogens is 312 g/mol. The maximum Gasteiger partial charge on any atom is 0.241 e. The topological polar surface area (TPSA) is 75.3 Å².